The first-order valence-electron chi connectivity index (χ1n) is 10.1. The Morgan fingerprint density at radius 2 is 2.00 bits per heavy atom. The summed E-state index contributed by atoms with van der Waals surface area (Å²) in [6.07, 6.45) is 1.64. The van der Waals surface area contributed by atoms with E-state index in [0.717, 1.165) is 24.3 Å². The van der Waals surface area contributed by atoms with Gasteiger partial charge in [-0.1, -0.05) is 0 Å². The first-order valence-corrected chi connectivity index (χ1v) is 10.1. The highest BCUT2D eigenvalue weighted by Gasteiger charge is 2.23. The summed E-state index contributed by atoms with van der Waals surface area (Å²) in [6, 6.07) is 8.23. The summed E-state index contributed by atoms with van der Waals surface area (Å²) >= 11 is 0. The Kier molecular flexibility index (Phi) is 4.48. The highest BCUT2D eigenvalue weighted by molar-refractivity contribution is 5.98. The van der Waals surface area contributed by atoms with Gasteiger partial charge in [-0.2, -0.15) is 15.5 Å². The number of nitrogens with one attached hydrogen (secondary N) is 3. The fraction of sp³-hybridized carbons (Fsp3) is 0.333. The molecule has 158 valence electrons. The number of nitriles is 1. The van der Waals surface area contributed by atoms with Gasteiger partial charge in [0.2, 0.25) is 0 Å². The van der Waals surface area contributed by atoms with Crippen LogP contribution < -0.4 is 15.5 Å². The van der Waals surface area contributed by atoms with Crippen molar-refractivity contribution in [3.8, 4) is 6.07 Å². The normalized spacial score (nSPS) is 19.1. The molecule has 1 saturated heterocycles. The maximum atomic E-state index is 14.4. The number of rotatable bonds is 3. The van der Waals surface area contributed by atoms with E-state index in [9.17, 15) is 9.65 Å². The van der Waals surface area contributed by atoms with Crippen molar-refractivity contribution in [2.45, 2.75) is 32.9 Å². The van der Waals surface area contributed by atoms with Gasteiger partial charge in [0.05, 0.1) is 28.4 Å². The molecule has 1 aliphatic rings. The van der Waals surface area contributed by atoms with Crippen LogP contribution in [0.4, 0.5) is 21.6 Å². The molecule has 3 aromatic heterocycles. The van der Waals surface area contributed by atoms with Crippen molar-refractivity contribution in [3.05, 3.63) is 41.6 Å². The summed E-state index contributed by atoms with van der Waals surface area (Å²) in [7, 11) is 0. The second kappa shape index (κ2) is 7.21. The number of hydrogen-bond acceptors (Lipinski definition) is 7. The summed E-state index contributed by atoms with van der Waals surface area (Å²) < 4.78 is 15.8. The Hall–Kier alpha value is -3.71. The lowest BCUT2D eigenvalue weighted by atomic mass is 10.1. The first-order chi connectivity index (χ1) is 14.9. The second-order valence-corrected chi connectivity index (χ2v) is 8.10. The number of aromatic amines is 1. The number of anilines is 3. The highest BCUT2D eigenvalue weighted by atomic mass is 19.1. The zero-order valence-electron chi connectivity index (χ0n) is 17.4. The van der Waals surface area contributed by atoms with Gasteiger partial charge in [-0.3, -0.25) is 5.10 Å². The topological polar surface area (TPSA) is 110 Å². The Morgan fingerprint density at radius 3 is 2.74 bits per heavy atom. The Morgan fingerprint density at radius 1 is 1.23 bits per heavy atom. The van der Waals surface area contributed by atoms with Crippen molar-refractivity contribution in [1.82, 2.24) is 30.1 Å². The standard InChI is InChI=1S/C21H22FN9/c1-11-8-30(9-12(2)24-11)16-4-14(7-23)19-18(6-16)27-28-20(19)26-15-5-17(22)21-25-13(3)29-31(21)10-15/h4-6,10-12,24H,8-9H2,1-3H3,(H2,26,27,28)/t11-,12-/m0/s1. The van der Waals surface area contributed by atoms with Crippen LogP contribution in [-0.4, -0.2) is 50.0 Å². The average Bonchev–Trinajstić information content (AvgIpc) is 3.30. The van der Waals surface area contributed by atoms with Crippen molar-refractivity contribution < 1.29 is 4.39 Å². The zero-order valence-corrected chi connectivity index (χ0v) is 17.4. The molecule has 9 nitrogen and oxygen atoms in total. The molecule has 5 rings (SSSR count). The summed E-state index contributed by atoms with van der Waals surface area (Å²) in [5.41, 5.74) is 2.84. The van der Waals surface area contributed by atoms with E-state index in [1.807, 2.05) is 12.1 Å². The van der Waals surface area contributed by atoms with Crippen LogP contribution in [-0.2, 0) is 0 Å². The van der Waals surface area contributed by atoms with Crippen LogP contribution in [0.1, 0.15) is 25.2 Å². The lowest BCUT2D eigenvalue weighted by Gasteiger charge is -2.37. The number of nitrogens with zero attached hydrogens (tertiary/aromatic N) is 6. The molecular formula is C21H22FN9. The Labute approximate surface area is 177 Å². The van der Waals surface area contributed by atoms with Crippen molar-refractivity contribution in [2.24, 2.45) is 0 Å². The minimum atomic E-state index is -0.491. The summed E-state index contributed by atoms with van der Waals surface area (Å²) in [5, 5.41) is 28.6. The molecule has 0 saturated carbocycles. The first kappa shape index (κ1) is 19.3. The molecule has 4 heterocycles. The summed E-state index contributed by atoms with van der Waals surface area (Å²) in [4.78, 5) is 6.34. The number of aryl methyl sites for hydroxylation is 1. The molecule has 1 fully saturated rings. The molecule has 0 aliphatic carbocycles. The van der Waals surface area contributed by atoms with E-state index >= 15 is 0 Å². The van der Waals surface area contributed by atoms with E-state index in [0.29, 0.717) is 40.4 Å². The molecule has 4 aromatic rings. The van der Waals surface area contributed by atoms with Crippen molar-refractivity contribution in [1.29, 1.82) is 5.26 Å². The van der Waals surface area contributed by atoms with Crippen LogP contribution in [0.15, 0.2) is 24.4 Å². The Bertz CT molecular complexity index is 1320. The van der Waals surface area contributed by atoms with Gasteiger partial charge in [-0.25, -0.2) is 13.9 Å². The van der Waals surface area contributed by atoms with Crippen LogP contribution in [0, 0.1) is 24.1 Å². The maximum Gasteiger partial charge on any atom is 0.191 e. The van der Waals surface area contributed by atoms with Crippen LogP contribution in [0.25, 0.3) is 16.6 Å². The number of aromatic nitrogens is 5. The van der Waals surface area contributed by atoms with Gasteiger partial charge in [-0.05, 0) is 32.9 Å². The molecule has 1 aromatic carbocycles. The van der Waals surface area contributed by atoms with Crippen molar-refractivity contribution in [2.75, 3.05) is 23.3 Å². The fourth-order valence-corrected chi connectivity index (χ4v) is 4.30. The predicted octanol–water partition coefficient (Wildman–Crippen LogP) is 2.86. The quantitative estimate of drug-likeness (QED) is 0.468. The van der Waals surface area contributed by atoms with E-state index in [-0.39, 0.29) is 5.65 Å². The van der Waals surface area contributed by atoms with Gasteiger partial charge in [0.15, 0.2) is 17.3 Å². The minimum absolute atomic E-state index is 0.164. The van der Waals surface area contributed by atoms with E-state index in [4.69, 9.17) is 0 Å². The van der Waals surface area contributed by atoms with Gasteiger partial charge in [0.1, 0.15) is 11.9 Å². The van der Waals surface area contributed by atoms with Gasteiger partial charge >= 0.3 is 0 Å². The smallest absolute Gasteiger partial charge is 0.191 e. The SMILES string of the molecule is Cc1nc2c(F)cc(Nc3n[nH]c4cc(N5C[C@H](C)N[C@@H](C)C5)cc(C#N)c34)cn2n1. The van der Waals surface area contributed by atoms with Crippen molar-refractivity contribution in [3.63, 3.8) is 0 Å². The average molecular weight is 419 g/mol. The third-order valence-corrected chi connectivity index (χ3v) is 5.45. The van der Waals surface area contributed by atoms with E-state index < -0.39 is 5.82 Å². The van der Waals surface area contributed by atoms with Crippen LogP contribution in [0.3, 0.4) is 0 Å². The van der Waals surface area contributed by atoms with Crippen LogP contribution in [0.5, 0.6) is 0 Å². The summed E-state index contributed by atoms with van der Waals surface area (Å²) in [6.45, 7) is 7.72. The number of H-pyrrole nitrogens is 1. The minimum Gasteiger partial charge on any atom is -0.368 e. The lowest BCUT2D eigenvalue weighted by Crippen LogP contribution is -2.54. The highest BCUT2D eigenvalue weighted by Crippen LogP contribution is 2.32. The molecule has 31 heavy (non-hydrogen) atoms. The largest absolute Gasteiger partial charge is 0.368 e. The molecule has 2 atom stereocenters. The summed E-state index contributed by atoms with van der Waals surface area (Å²) in [5.74, 6) is 0.447. The van der Waals surface area contributed by atoms with Crippen molar-refractivity contribution >= 4 is 33.7 Å². The third kappa shape index (κ3) is 3.43. The maximum absolute atomic E-state index is 14.4. The van der Waals surface area contributed by atoms with E-state index in [2.05, 4.69) is 55.7 Å². The molecule has 0 radical (unpaired) electrons. The molecule has 10 heteroatoms. The lowest BCUT2D eigenvalue weighted by molar-refractivity contribution is 0.407. The molecule has 0 amide bonds. The molecule has 0 unspecified atom stereocenters. The number of benzene rings is 1. The van der Waals surface area contributed by atoms with Gasteiger partial charge in [0.25, 0.3) is 0 Å². The monoisotopic (exact) mass is 419 g/mol. The van der Waals surface area contributed by atoms with Gasteiger partial charge in [-0.15, -0.1) is 0 Å². The fourth-order valence-electron chi connectivity index (χ4n) is 4.30. The Balaban J connectivity index is 1.53. The van der Waals surface area contributed by atoms with Crippen LogP contribution in [0.2, 0.25) is 0 Å². The number of fused-ring (bicyclic) bond motifs is 2. The molecule has 0 spiro atoms. The number of piperazine rings is 1. The predicted molar refractivity (Wildman–Crippen MR) is 116 cm³/mol. The molecule has 3 N–H and O–H groups in total. The van der Waals surface area contributed by atoms with Gasteiger partial charge < -0.3 is 15.5 Å². The second-order valence-electron chi connectivity index (χ2n) is 8.10. The van der Waals surface area contributed by atoms with E-state index in [1.54, 1.807) is 13.1 Å². The molecular weight excluding hydrogens is 397 g/mol. The molecule has 0 bridgehead atoms. The van der Waals surface area contributed by atoms with Crippen LogP contribution >= 0.6 is 0 Å². The zero-order chi connectivity index (χ0) is 21.7. The number of hydrogen-bond donors (Lipinski definition) is 3. The number of pyridine rings is 1. The third-order valence-electron chi connectivity index (χ3n) is 5.45. The molecule has 1 aliphatic heterocycles. The number of halogens is 1. The van der Waals surface area contributed by atoms with Gasteiger partial charge in [0, 0.05) is 36.9 Å². The van der Waals surface area contributed by atoms with E-state index in [1.165, 1.54) is 10.6 Å².